The Hall–Kier alpha value is -5.37. The molecule has 7 N–H and O–H groups in total. The molecule has 0 bridgehead atoms. The van der Waals surface area contributed by atoms with Gasteiger partial charge in [-0.15, -0.1) is 0 Å². The number of esters is 1. The first kappa shape index (κ1) is 32.0. The van der Waals surface area contributed by atoms with E-state index in [1.165, 1.54) is 0 Å². The van der Waals surface area contributed by atoms with E-state index >= 15 is 0 Å². The van der Waals surface area contributed by atoms with Crippen LogP contribution < -0.4 is 21.2 Å². The lowest BCUT2D eigenvalue weighted by Crippen LogP contribution is -2.47. The molecule has 2 aliphatic rings. The lowest BCUT2D eigenvalue weighted by atomic mass is 9.89. The third-order valence-corrected chi connectivity index (χ3v) is 8.44. The molecule has 1 aliphatic carbocycles. The van der Waals surface area contributed by atoms with Crippen LogP contribution in [0.4, 0.5) is 23.2 Å². The normalized spacial score (nSPS) is 12.0. The van der Waals surface area contributed by atoms with Crippen molar-refractivity contribution in [2.24, 2.45) is 0 Å². The molecule has 3 aromatic rings. The number of carboxylic acid groups (broad SMARTS) is 1. The molecular formula is C27H15F4N2O11S2+. The number of nitrogens with two attached hydrogens (primary N) is 2. The molecule has 5 rings (SSSR count). The molecule has 0 aromatic heterocycles. The Balaban J connectivity index is 1.85. The number of ether oxygens (including phenoxy) is 1. The lowest BCUT2D eigenvalue weighted by molar-refractivity contribution is -0.176. The average molecular weight is 684 g/mol. The Labute approximate surface area is 253 Å². The first-order chi connectivity index (χ1) is 21.3. The van der Waals surface area contributed by atoms with Gasteiger partial charge in [-0.05, 0) is 35.9 Å². The zero-order valence-electron chi connectivity index (χ0n) is 22.2. The van der Waals surface area contributed by atoms with Gasteiger partial charge in [0.25, 0.3) is 10.1 Å². The predicted octanol–water partition coefficient (Wildman–Crippen LogP) is 2.41. The number of carbonyl (C=O) groups excluding carboxylic acids is 1. The van der Waals surface area contributed by atoms with Crippen molar-refractivity contribution in [1.82, 2.24) is 0 Å². The van der Waals surface area contributed by atoms with Crippen molar-refractivity contribution in [3.63, 3.8) is 0 Å². The Bertz CT molecular complexity index is 2400. The van der Waals surface area contributed by atoms with Crippen LogP contribution in [-0.2, 0) is 20.2 Å². The summed E-state index contributed by atoms with van der Waals surface area (Å²) in [6.45, 7) is 0. The number of hydrogen-bond acceptors (Lipinski definition) is 9. The van der Waals surface area contributed by atoms with E-state index in [2.05, 4.69) is 4.74 Å². The fourth-order valence-corrected chi connectivity index (χ4v) is 6.18. The minimum Gasteiger partial charge on any atom is -0.478 e. The van der Waals surface area contributed by atoms with E-state index in [4.69, 9.17) is 15.6 Å². The molecule has 3 aromatic carbocycles. The summed E-state index contributed by atoms with van der Waals surface area (Å²) in [5.74, 6) is -13.9. The highest BCUT2D eigenvalue weighted by Crippen LogP contribution is 2.45. The molecule has 0 atom stereocenters. The number of rotatable bonds is 6. The Kier molecular flexibility index (Phi) is 7.60. The summed E-state index contributed by atoms with van der Waals surface area (Å²) in [5.41, 5.74) is 1.85. The maximum absolute atomic E-state index is 14.1. The first-order valence-corrected chi connectivity index (χ1v) is 15.0. The summed E-state index contributed by atoms with van der Waals surface area (Å²) in [5, 5.41) is 14.9. The number of fused-ring (bicyclic) bond motifs is 2. The van der Waals surface area contributed by atoms with Crippen LogP contribution in [0.15, 0.2) is 62.7 Å². The topological polar surface area (TPSA) is 237 Å². The fourth-order valence-electron chi connectivity index (χ4n) is 4.68. The van der Waals surface area contributed by atoms with Crippen LogP contribution >= 0.6 is 0 Å². The number of carbonyl (C=O) groups is 2. The van der Waals surface area contributed by atoms with E-state index < -0.39 is 104 Å². The molecule has 0 fully saturated rings. The van der Waals surface area contributed by atoms with Gasteiger partial charge in [0.05, 0.1) is 16.8 Å². The number of carboxylic acids is 1. The fraction of sp³-hybridized carbons (Fsp3) is 0. The molecule has 19 heteroatoms. The lowest BCUT2D eigenvalue weighted by Gasteiger charge is -2.19. The van der Waals surface area contributed by atoms with Crippen molar-refractivity contribution >= 4 is 48.8 Å². The van der Waals surface area contributed by atoms with Gasteiger partial charge in [0.1, 0.15) is 0 Å². The minimum atomic E-state index is -5.23. The summed E-state index contributed by atoms with van der Waals surface area (Å²) in [6, 6.07) is 6.48. The third-order valence-electron chi connectivity index (χ3n) is 6.57. The van der Waals surface area contributed by atoms with E-state index in [0.29, 0.717) is 6.07 Å². The van der Waals surface area contributed by atoms with Gasteiger partial charge in [-0.1, -0.05) is 6.07 Å². The smallest absolute Gasteiger partial charge is 0.343 e. The average Bonchev–Trinajstić information content (AvgIpc) is 2.95. The molecule has 13 nitrogen and oxygen atoms in total. The molecule has 0 spiro atoms. The van der Waals surface area contributed by atoms with Crippen LogP contribution in [0.3, 0.4) is 0 Å². The largest absolute Gasteiger partial charge is 0.478 e. The molecule has 1 aliphatic heterocycles. The molecule has 0 saturated heterocycles. The number of hydrogen-bond donors (Lipinski definition) is 5. The van der Waals surface area contributed by atoms with E-state index in [9.17, 15) is 58.2 Å². The van der Waals surface area contributed by atoms with Crippen molar-refractivity contribution in [3.8, 4) is 28.2 Å². The SMILES string of the molecule is Nc1ccc2c(-c3ccc(C(=O)Oc4c(F)c(F)cc(F)c4F)cc3C(=O)O)c3ccc(=[NH2+])c(S(=O)(=O)O)c-3oc2c1S(=O)(=O)O. The molecule has 0 unspecified atom stereocenters. The van der Waals surface area contributed by atoms with Crippen molar-refractivity contribution in [1.29, 1.82) is 0 Å². The molecule has 238 valence electrons. The number of halogens is 4. The highest BCUT2D eigenvalue weighted by atomic mass is 32.2. The van der Waals surface area contributed by atoms with Crippen LogP contribution in [0.5, 0.6) is 5.75 Å². The summed E-state index contributed by atoms with van der Waals surface area (Å²) in [7, 11) is -10.5. The number of benzene rings is 4. The van der Waals surface area contributed by atoms with E-state index in [1.807, 2.05) is 0 Å². The molecule has 0 saturated carbocycles. The molecule has 1 heterocycles. The van der Waals surface area contributed by atoms with Crippen molar-refractivity contribution < 1.29 is 72.8 Å². The maximum Gasteiger partial charge on any atom is 0.343 e. The third kappa shape index (κ3) is 5.30. The van der Waals surface area contributed by atoms with Gasteiger partial charge in [0.2, 0.25) is 27.6 Å². The molecular weight excluding hydrogens is 668 g/mol. The van der Waals surface area contributed by atoms with Gasteiger partial charge in [0.15, 0.2) is 27.9 Å². The van der Waals surface area contributed by atoms with Crippen LogP contribution in [0.25, 0.3) is 33.4 Å². The quantitative estimate of drug-likeness (QED) is 0.0330. The van der Waals surface area contributed by atoms with Gasteiger partial charge in [-0.3, -0.25) is 14.5 Å². The zero-order valence-corrected chi connectivity index (χ0v) is 23.8. The van der Waals surface area contributed by atoms with E-state index in [-0.39, 0.29) is 28.1 Å². The highest BCUT2D eigenvalue weighted by Gasteiger charge is 2.33. The maximum atomic E-state index is 14.1. The summed E-state index contributed by atoms with van der Waals surface area (Å²) in [4.78, 5) is 23.1. The van der Waals surface area contributed by atoms with Crippen LogP contribution in [-0.4, -0.2) is 43.0 Å². The highest BCUT2D eigenvalue weighted by molar-refractivity contribution is 7.86. The van der Waals surface area contributed by atoms with E-state index in [0.717, 1.165) is 36.4 Å². The monoisotopic (exact) mass is 683 g/mol. The van der Waals surface area contributed by atoms with Crippen molar-refractivity contribution in [2.45, 2.75) is 9.79 Å². The van der Waals surface area contributed by atoms with Gasteiger partial charge in [0, 0.05) is 28.6 Å². The number of aromatic carboxylic acids is 1. The van der Waals surface area contributed by atoms with Gasteiger partial charge in [-0.25, -0.2) is 18.4 Å². The second-order valence-electron chi connectivity index (χ2n) is 9.40. The van der Waals surface area contributed by atoms with Gasteiger partial charge < -0.3 is 20.0 Å². The Morgan fingerprint density at radius 1 is 0.826 bits per heavy atom. The van der Waals surface area contributed by atoms with Crippen LogP contribution in [0, 0.1) is 23.3 Å². The number of nitrogen functional groups attached to an aromatic ring is 1. The molecule has 0 amide bonds. The summed E-state index contributed by atoms with van der Waals surface area (Å²) >= 11 is 0. The standard InChI is InChI=1S/C27H14F4N2O11S2/c28-14-8-15(29)20(31)23(19(14)30)44-27(36)9-1-2-10(13(7-9)26(34)35)18-11-3-5-16(32)24(45(37,38)39)21(11)43-22-12(18)4-6-17(33)25(22)46(40,41)42/h1-8,32H,33H2,(H,34,35)(H,37,38,39)(H,40,41,42)/p+1. The number of anilines is 1. The molecule has 46 heavy (non-hydrogen) atoms. The first-order valence-electron chi connectivity index (χ1n) is 12.1. The minimum absolute atomic E-state index is 0.137. The van der Waals surface area contributed by atoms with E-state index in [1.54, 1.807) is 0 Å². The zero-order chi connectivity index (χ0) is 34.0. The van der Waals surface area contributed by atoms with Crippen molar-refractivity contribution in [2.75, 3.05) is 5.73 Å². The summed E-state index contributed by atoms with van der Waals surface area (Å²) < 4.78 is 135. The van der Waals surface area contributed by atoms with Crippen LogP contribution in [0.1, 0.15) is 20.7 Å². The van der Waals surface area contributed by atoms with Gasteiger partial charge >= 0.3 is 22.1 Å². The summed E-state index contributed by atoms with van der Waals surface area (Å²) in [6.07, 6.45) is 0. The Morgan fingerprint density at radius 2 is 1.41 bits per heavy atom. The molecule has 0 radical (unpaired) electrons. The second kappa shape index (κ2) is 10.9. The van der Waals surface area contributed by atoms with Crippen LogP contribution in [0.2, 0.25) is 0 Å². The second-order valence-corrected chi connectivity index (χ2v) is 12.1. The predicted molar refractivity (Wildman–Crippen MR) is 146 cm³/mol. The Morgan fingerprint density at radius 3 is 1.98 bits per heavy atom. The van der Waals surface area contributed by atoms with Gasteiger partial charge in [-0.2, -0.15) is 25.6 Å². The van der Waals surface area contributed by atoms with Crippen molar-refractivity contribution in [3.05, 3.63) is 88.3 Å².